The Morgan fingerprint density at radius 1 is 1.20 bits per heavy atom. The Bertz CT molecular complexity index is 681. The summed E-state index contributed by atoms with van der Waals surface area (Å²) < 4.78 is 39.7. The second kappa shape index (κ2) is 4.60. The predicted molar refractivity (Wildman–Crippen MR) is 60.8 cm³/mol. The lowest BCUT2D eigenvalue weighted by molar-refractivity contribution is 0.669. The van der Waals surface area contributed by atoms with Crippen LogP contribution in [0.15, 0.2) is 59.4 Å². The van der Waals surface area contributed by atoms with Gasteiger partial charge in [-0.1, -0.05) is 36.3 Å². The second-order valence-corrected chi connectivity index (χ2v) is 3.09. The average Bonchev–Trinajstić information content (AvgIpc) is 2.45. The Balaban J connectivity index is 2.36. The number of nitrogens with zero attached hydrogens (tertiary/aromatic N) is 1. The van der Waals surface area contributed by atoms with Gasteiger partial charge in [-0.3, -0.25) is 4.79 Å². The van der Waals surface area contributed by atoms with Crippen molar-refractivity contribution in [3.63, 3.8) is 0 Å². The van der Waals surface area contributed by atoms with Crippen LogP contribution in [0.25, 0.3) is 0 Å². The van der Waals surface area contributed by atoms with Crippen molar-refractivity contribution in [3.05, 3.63) is 70.5 Å². The summed E-state index contributed by atoms with van der Waals surface area (Å²) in [7, 11) is 0. The van der Waals surface area contributed by atoms with Crippen molar-refractivity contribution < 1.29 is 6.85 Å². The van der Waals surface area contributed by atoms with Crippen molar-refractivity contribution in [3.8, 4) is 0 Å². The van der Waals surface area contributed by atoms with Crippen molar-refractivity contribution in [1.29, 1.82) is 0 Å². The molecule has 0 aliphatic rings. The van der Waals surface area contributed by atoms with Gasteiger partial charge in [0.2, 0.25) is 0 Å². The molecule has 2 nitrogen and oxygen atoms in total. The minimum absolute atomic E-state index is 0.181. The highest BCUT2D eigenvalue weighted by Crippen LogP contribution is 2.00. The molecule has 0 aliphatic heterocycles. The van der Waals surface area contributed by atoms with Crippen molar-refractivity contribution in [2.45, 2.75) is 13.0 Å². The van der Waals surface area contributed by atoms with E-state index >= 15 is 0 Å². The first kappa shape index (κ1) is 5.31. The highest BCUT2D eigenvalue weighted by molar-refractivity contribution is 5.14. The molecule has 0 saturated heterocycles. The number of pyridine rings is 1. The maximum Gasteiger partial charge on any atom is 0.250 e. The Kier molecular flexibility index (Phi) is 1.63. The summed E-state index contributed by atoms with van der Waals surface area (Å²) >= 11 is 0. The van der Waals surface area contributed by atoms with Gasteiger partial charge in [0.1, 0.15) is 0 Å². The van der Waals surface area contributed by atoms with Crippen molar-refractivity contribution >= 4 is 0 Å². The highest BCUT2D eigenvalue weighted by atomic mass is 16.1. The lowest BCUT2D eigenvalue weighted by Crippen LogP contribution is -2.18. The molecule has 0 spiro atoms. The topological polar surface area (TPSA) is 22.0 Å². The molecule has 15 heavy (non-hydrogen) atoms. The van der Waals surface area contributed by atoms with E-state index in [1.54, 1.807) is 18.3 Å². The zero-order chi connectivity index (χ0) is 14.9. The van der Waals surface area contributed by atoms with Gasteiger partial charge in [0.15, 0.2) is 0 Å². The fourth-order valence-electron chi connectivity index (χ4n) is 1.28. The van der Waals surface area contributed by atoms with Gasteiger partial charge < -0.3 is 4.57 Å². The molecule has 0 fully saturated rings. The van der Waals surface area contributed by atoms with E-state index in [1.165, 1.54) is 10.6 Å². The molecular formula is C13H13NO. The Hall–Kier alpha value is -1.83. The van der Waals surface area contributed by atoms with Gasteiger partial charge in [-0.05, 0) is 18.1 Å². The molecule has 1 aromatic heterocycles. The van der Waals surface area contributed by atoms with Crippen molar-refractivity contribution in [2.75, 3.05) is 0 Å². The lowest BCUT2D eigenvalue weighted by atomic mass is 10.1. The van der Waals surface area contributed by atoms with Gasteiger partial charge in [-0.15, -0.1) is 0 Å². The van der Waals surface area contributed by atoms with Gasteiger partial charge in [0.25, 0.3) is 5.56 Å². The van der Waals surface area contributed by atoms with Gasteiger partial charge in [-0.2, -0.15) is 0 Å². The average molecular weight is 204 g/mol. The highest BCUT2D eigenvalue weighted by Gasteiger charge is 1.94. The maximum absolute atomic E-state index is 11.6. The van der Waals surface area contributed by atoms with E-state index < -0.39 is 6.04 Å². The molecule has 0 atom stereocenters. The van der Waals surface area contributed by atoms with E-state index in [9.17, 15) is 4.79 Å². The molecule has 2 heteroatoms. The summed E-state index contributed by atoms with van der Waals surface area (Å²) in [6.45, 7) is 0.271. The van der Waals surface area contributed by atoms with Crippen LogP contribution in [-0.4, -0.2) is 4.57 Å². The number of benzene rings is 1. The number of hydrogen-bond donors (Lipinski definition) is 0. The number of rotatable bonds is 3. The smallest absolute Gasteiger partial charge is 0.250 e. The Labute approximate surface area is 95.8 Å². The summed E-state index contributed by atoms with van der Waals surface area (Å²) in [6.07, 6.45) is 1.82. The van der Waals surface area contributed by atoms with Gasteiger partial charge in [-0.25, -0.2) is 0 Å². The lowest BCUT2D eigenvalue weighted by Gasteiger charge is -2.04. The largest absolute Gasteiger partial charge is 0.315 e. The maximum atomic E-state index is 11.6. The molecule has 0 bridgehead atoms. The predicted octanol–water partition coefficient (Wildman–Crippen LogP) is 2.09. The Morgan fingerprint density at radius 3 is 2.73 bits per heavy atom. The fraction of sp³-hybridized carbons (Fsp3) is 0.154. The molecule has 0 aliphatic carbocycles. The second-order valence-electron chi connectivity index (χ2n) is 3.09. The zero-order valence-corrected chi connectivity index (χ0v) is 8.08. The minimum Gasteiger partial charge on any atom is -0.315 e. The quantitative estimate of drug-likeness (QED) is 0.750. The van der Waals surface area contributed by atoms with Crippen LogP contribution < -0.4 is 5.56 Å². The summed E-state index contributed by atoms with van der Waals surface area (Å²) in [5.74, 6) is 0. The van der Waals surface area contributed by atoms with E-state index in [0.29, 0.717) is 0 Å². The summed E-state index contributed by atoms with van der Waals surface area (Å²) in [4.78, 5) is 11.6. The number of aromatic nitrogens is 1. The molecular weight excluding hydrogens is 186 g/mol. The first-order chi connectivity index (χ1) is 9.43. The molecule has 76 valence electrons. The van der Waals surface area contributed by atoms with Crippen LogP contribution in [-0.2, 0) is 13.0 Å². The third-order valence-electron chi connectivity index (χ3n) is 2.05. The van der Waals surface area contributed by atoms with Crippen LogP contribution >= 0.6 is 0 Å². The first-order valence-corrected chi connectivity index (χ1v) is 4.64. The molecule has 0 unspecified atom stereocenters. The van der Waals surface area contributed by atoms with E-state index in [1.807, 2.05) is 0 Å². The Morgan fingerprint density at radius 2 is 2.00 bits per heavy atom. The van der Waals surface area contributed by atoms with Crippen LogP contribution in [0.2, 0.25) is 0 Å². The van der Waals surface area contributed by atoms with Crippen LogP contribution in [0.5, 0.6) is 0 Å². The van der Waals surface area contributed by atoms with E-state index in [2.05, 4.69) is 0 Å². The van der Waals surface area contributed by atoms with Crippen molar-refractivity contribution in [2.24, 2.45) is 0 Å². The van der Waals surface area contributed by atoms with Crippen LogP contribution in [0.3, 0.4) is 0 Å². The summed E-state index contributed by atoms with van der Waals surface area (Å²) in [5.41, 5.74) is 0.0478. The van der Waals surface area contributed by atoms with Gasteiger partial charge >= 0.3 is 0 Å². The molecule has 0 amide bonds. The molecule has 0 saturated carbocycles. The van der Waals surface area contributed by atoms with Gasteiger partial charge in [0, 0.05) is 18.8 Å². The normalized spacial score (nSPS) is 14.8. The van der Waals surface area contributed by atoms with Crippen LogP contribution in [0.4, 0.5) is 0 Å². The fourth-order valence-corrected chi connectivity index (χ4v) is 1.28. The molecule has 0 N–H and O–H groups in total. The summed E-state index contributed by atoms with van der Waals surface area (Å²) in [6, 6.07) is 3.25. The summed E-state index contributed by atoms with van der Waals surface area (Å²) in [5, 5.41) is 0. The van der Waals surface area contributed by atoms with Gasteiger partial charge in [0.05, 0.1) is 6.85 Å². The number of aryl methyl sites for hydroxylation is 1. The molecule has 1 heterocycles. The third-order valence-corrected chi connectivity index (χ3v) is 2.05. The van der Waals surface area contributed by atoms with E-state index in [-0.39, 0.29) is 48.3 Å². The molecule has 2 aromatic rings. The SMILES string of the molecule is [2H]c1c([2H])c([2H])c(CCn2ccccc2=O)c([2H])c1[2H]. The van der Waals surface area contributed by atoms with Crippen molar-refractivity contribution in [1.82, 2.24) is 4.57 Å². The van der Waals surface area contributed by atoms with E-state index in [0.717, 1.165) is 0 Å². The first-order valence-electron chi connectivity index (χ1n) is 7.14. The molecule has 2 rings (SSSR count). The number of hydrogen-bond acceptors (Lipinski definition) is 1. The third kappa shape index (κ3) is 2.56. The van der Waals surface area contributed by atoms with Crippen LogP contribution in [0, 0.1) is 0 Å². The zero-order valence-electron chi connectivity index (χ0n) is 13.1. The minimum atomic E-state index is -0.402. The van der Waals surface area contributed by atoms with E-state index in [4.69, 9.17) is 6.85 Å². The monoisotopic (exact) mass is 204 g/mol. The molecule has 0 radical (unpaired) electrons. The molecule has 1 aromatic carbocycles. The van der Waals surface area contributed by atoms with Crippen LogP contribution in [0.1, 0.15) is 12.4 Å². The standard InChI is InChI=1S/C13H13NO/c15-13-8-4-5-10-14(13)11-9-12-6-2-1-3-7-12/h1-8,10H,9,11H2/i1D,2D,3D,6D,7D.